The van der Waals surface area contributed by atoms with E-state index >= 15 is 0 Å². The van der Waals surface area contributed by atoms with Crippen molar-refractivity contribution in [3.8, 4) is 0 Å². The molecule has 152 valence electrons. The molecular weight excluding hydrogens is 374 g/mol. The fraction of sp³-hybridized carbons (Fsp3) is 0.619. The van der Waals surface area contributed by atoms with E-state index in [1.165, 1.54) is 10.5 Å². The van der Waals surface area contributed by atoms with E-state index in [2.05, 4.69) is 23.5 Å². The van der Waals surface area contributed by atoms with E-state index < -0.39 is 10.8 Å². The number of fused-ring (bicyclic) bond motifs is 2. The number of hydrogen-bond acceptors (Lipinski definition) is 5. The van der Waals surface area contributed by atoms with Crippen molar-refractivity contribution in [1.29, 1.82) is 0 Å². The van der Waals surface area contributed by atoms with Crippen LogP contribution >= 0.6 is 0 Å². The Labute approximate surface area is 169 Å². The van der Waals surface area contributed by atoms with Gasteiger partial charge in [0, 0.05) is 13.6 Å². The molecule has 1 aromatic rings. The number of amides is 2. The third kappa shape index (κ3) is 3.74. The maximum atomic E-state index is 12.3. The highest BCUT2D eigenvalue weighted by atomic mass is 32.2. The fourth-order valence-corrected chi connectivity index (χ4v) is 6.05. The van der Waals surface area contributed by atoms with E-state index in [1.807, 2.05) is 11.9 Å². The first kappa shape index (κ1) is 19.6. The minimum atomic E-state index is -0.913. The summed E-state index contributed by atoms with van der Waals surface area (Å²) in [6.45, 7) is 2.31. The van der Waals surface area contributed by atoms with Crippen molar-refractivity contribution >= 4 is 28.3 Å². The second kappa shape index (κ2) is 8.33. The second-order valence-corrected chi connectivity index (χ2v) is 9.54. The molecular formula is C21H29N3O3S. The lowest BCUT2D eigenvalue weighted by Crippen LogP contribution is -2.33. The van der Waals surface area contributed by atoms with E-state index in [0.717, 1.165) is 62.2 Å². The van der Waals surface area contributed by atoms with Gasteiger partial charge in [0.1, 0.15) is 0 Å². The second-order valence-electron chi connectivity index (χ2n) is 8.15. The Hall–Kier alpha value is -1.73. The average molecular weight is 404 g/mol. The molecule has 28 heavy (non-hydrogen) atoms. The average Bonchev–Trinajstić information content (AvgIpc) is 3.33. The number of carbonyl (C=O) groups is 2. The van der Waals surface area contributed by atoms with Gasteiger partial charge in [0.2, 0.25) is 11.8 Å². The maximum Gasteiger partial charge on any atom is 0.233 e. The largest absolute Gasteiger partial charge is 0.361 e. The normalized spacial score (nSPS) is 26.2. The van der Waals surface area contributed by atoms with E-state index in [4.69, 9.17) is 0 Å². The summed E-state index contributed by atoms with van der Waals surface area (Å²) < 4.78 is 12.1. The number of nitrogens with zero attached hydrogens (tertiary/aromatic N) is 2. The van der Waals surface area contributed by atoms with Crippen LogP contribution < -0.4 is 10.2 Å². The maximum absolute atomic E-state index is 12.3. The van der Waals surface area contributed by atoms with Crippen LogP contribution in [0.1, 0.15) is 37.7 Å². The predicted molar refractivity (Wildman–Crippen MR) is 109 cm³/mol. The smallest absolute Gasteiger partial charge is 0.233 e. The number of rotatable bonds is 8. The summed E-state index contributed by atoms with van der Waals surface area (Å²) >= 11 is 0. The van der Waals surface area contributed by atoms with Crippen LogP contribution in [0.25, 0.3) is 0 Å². The standard InChI is InChI=1S/C21H29N3O3S/c1-23-14-28(27)19-13-15(7-8-18(19)23)9-11-22-10-2-3-12-24-20(25)16-5-4-6-17(16)21(24)26/h7-8,13,16-17,22H,2-6,9-12,14H2,1H3. The molecule has 4 rings (SSSR count). The lowest BCUT2D eigenvalue weighted by atomic mass is 10.00. The number of hydrogen-bond donors (Lipinski definition) is 1. The number of carbonyl (C=O) groups excluding carboxylic acids is 2. The van der Waals surface area contributed by atoms with E-state index in [0.29, 0.717) is 12.4 Å². The third-order valence-corrected chi connectivity index (χ3v) is 7.69. The summed E-state index contributed by atoms with van der Waals surface area (Å²) in [5.74, 6) is 0.680. The van der Waals surface area contributed by atoms with Crippen molar-refractivity contribution in [3.63, 3.8) is 0 Å². The van der Waals surface area contributed by atoms with Crippen molar-refractivity contribution in [1.82, 2.24) is 10.2 Å². The summed E-state index contributed by atoms with van der Waals surface area (Å²) in [7, 11) is 1.06. The SMILES string of the molecule is CN1CS(=O)c2cc(CCNCCCCN3C(=O)C4CCCC4C3=O)ccc21. The first-order valence-corrected chi connectivity index (χ1v) is 11.7. The van der Waals surface area contributed by atoms with Gasteiger partial charge in [0.05, 0.1) is 39.1 Å². The summed E-state index contributed by atoms with van der Waals surface area (Å²) in [6, 6.07) is 6.24. The molecule has 2 amide bonds. The number of unbranched alkanes of at least 4 members (excludes halogenated alkanes) is 1. The summed E-state index contributed by atoms with van der Waals surface area (Å²) in [6.07, 6.45) is 5.50. The molecule has 2 aliphatic heterocycles. The van der Waals surface area contributed by atoms with Crippen LogP contribution in [0, 0.1) is 11.8 Å². The van der Waals surface area contributed by atoms with Crippen molar-refractivity contribution in [2.75, 3.05) is 37.5 Å². The van der Waals surface area contributed by atoms with Crippen molar-refractivity contribution < 1.29 is 13.8 Å². The first-order valence-electron chi connectivity index (χ1n) is 10.3. The Morgan fingerprint density at radius 3 is 2.61 bits per heavy atom. The molecule has 2 fully saturated rings. The minimum Gasteiger partial charge on any atom is -0.361 e. The van der Waals surface area contributed by atoms with Gasteiger partial charge >= 0.3 is 0 Å². The minimum absolute atomic E-state index is 0.0212. The summed E-state index contributed by atoms with van der Waals surface area (Å²) in [5.41, 5.74) is 2.28. The molecule has 0 aromatic heterocycles. The van der Waals surface area contributed by atoms with Crippen molar-refractivity contribution in [2.24, 2.45) is 11.8 Å². The molecule has 0 radical (unpaired) electrons. The van der Waals surface area contributed by atoms with E-state index in [-0.39, 0.29) is 23.7 Å². The summed E-state index contributed by atoms with van der Waals surface area (Å²) in [4.78, 5) is 29.1. The van der Waals surface area contributed by atoms with Crippen LogP contribution in [0.3, 0.4) is 0 Å². The molecule has 0 bridgehead atoms. The van der Waals surface area contributed by atoms with Crippen LogP contribution in [0.15, 0.2) is 23.1 Å². The Morgan fingerprint density at radius 1 is 1.11 bits per heavy atom. The Kier molecular flexibility index (Phi) is 5.83. The zero-order chi connectivity index (χ0) is 19.7. The molecule has 1 saturated heterocycles. The fourth-order valence-electron chi connectivity index (χ4n) is 4.68. The zero-order valence-electron chi connectivity index (χ0n) is 16.5. The van der Waals surface area contributed by atoms with Gasteiger partial charge in [-0.15, -0.1) is 0 Å². The molecule has 0 spiro atoms. The number of likely N-dealkylation sites (tertiary alicyclic amines) is 1. The highest BCUT2D eigenvalue weighted by Crippen LogP contribution is 2.39. The Bertz CT molecular complexity index is 775. The monoisotopic (exact) mass is 403 g/mol. The van der Waals surface area contributed by atoms with Gasteiger partial charge in [-0.05, 0) is 62.9 Å². The lowest BCUT2D eigenvalue weighted by Gasteiger charge is -2.15. The predicted octanol–water partition coefficient (Wildman–Crippen LogP) is 1.90. The lowest BCUT2D eigenvalue weighted by molar-refractivity contribution is -0.140. The molecule has 7 heteroatoms. The van der Waals surface area contributed by atoms with Gasteiger partial charge in [0.15, 0.2) is 0 Å². The van der Waals surface area contributed by atoms with Crippen LogP contribution in [0.4, 0.5) is 5.69 Å². The molecule has 3 atom stereocenters. The highest BCUT2D eigenvalue weighted by molar-refractivity contribution is 7.85. The van der Waals surface area contributed by atoms with Gasteiger partial charge in [-0.1, -0.05) is 12.5 Å². The molecule has 1 saturated carbocycles. The van der Waals surface area contributed by atoms with Gasteiger partial charge in [-0.25, -0.2) is 0 Å². The van der Waals surface area contributed by atoms with Crippen molar-refractivity contribution in [2.45, 2.75) is 43.4 Å². The number of benzene rings is 1. The van der Waals surface area contributed by atoms with Gasteiger partial charge in [-0.2, -0.15) is 0 Å². The molecule has 2 heterocycles. The third-order valence-electron chi connectivity index (χ3n) is 6.25. The number of anilines is 1. The topological polar surface area (TPSA) is 69.7 Å². The van der Waals surface area contributed by atoms with Gasteiger partial charge in [0.25, 0.3) is 0 Å². The zero-order valence-corrected chi connectivity index (χ0v) is 17.3. The van der Waals surface area contributed by atoms with Gasteiger partial charge < -0.3 is 10.2 Å². The molecule has 1 aromatic carbocycles. The summed E-state index contributed by atoms with van der Waals surface area (Å²) in [5, 5.41) is 3.43. The van der Waals surface area contributed by atoms with Crippen molar-refractivity contribution in [3.05, 3.63) is 23.8 Å². The van der Waals surface area contributed by atoms with Crippen LogP contribution in [-0.2, 0) is 26.8 Å². The Balaban J connectivity index is 1.14. The van der Waals surface area contributed by atoms with Gasteiger partial charge in [-0.3, -0.25) is 18.7 Å². The first-order chi connectivity index (χ1) is 13.6. The highest BCUT2D eigenvalue weighted by Gasteiger charge is 2.49. The van der Waals surface area contributed by atoms with Crippen LogP contribution in [-0.4, -0.2) is 53.5 Å². The molecule has 6 nitrogen and oxygen atoms in total. The molecule has 3 unspecified atom stereocenters. The molecule has 3 aliphatic rings. The quantitative estimate of drug-likeness (QED) is 0.530. The Morgan fingerprint density at radius 2 is 1.86 bits per heavy atom. The number of imide groups is 1. The van der Waals surface area contributed by atoms with Crippen LogP contribution in [0.2, 0.25) is 0 Å². The van der Waals surface area contributed by atoms with E-state index in [1.54, 1.807) is 0 Å². The van der Waals surface area contributed by atoms with E-state index in [9.17, 15) is 13.8 Å². The number of nitrogens with one attached hydrogen (secondary N) is 1. The molecule has 1 N–H and O–H groups in total. The van der Waals surface area contributed by atoms with Crippen LogP contribution in [0.5, 0.6) is 0 Å². The molecule has 1 aliphatic carbocycles.